The van der Waals surface area contributed by atoms with Crippen molar-refractivity contribution in [2.75, 3.05) is 19.5 Å². The number of sulfone groups is 1. The Morgan fingerprint density at radius 3 is 2.80 bits per heavy atom. The van der Waals surface area contributed by atoms with Crippen LogP contribution in [0.25, 0.3) is 0 Å². The van der Waals surface area contributed by atoms with E-state index in [-0.39, 0.29) is 22.3 Å². The van der Waals surface area contributed by atoms with Crippen LogP contribution < -0.4 is 0 Å². The van der Waals surface area contributed by atoms with Crippen molar-refractivity contribution in [1.82, 2.24) is 0 Å². The zero-order chi connectivity index (χ0) is 14.6. The van der Waals surface area contributed by atoms with Gasteiger partial charge in [0.15, 0.2) is 9.84 Å². The minimum Gasteiger partial charge on any atom is -0.465 e. The molecule has 0 aliphatic carbocycles. The van der Waals surface area contributed by atoms with Gasteiger partial charge in [0.2, 0.25) is 0 Å². The predicted molar refractivity (Wildman–Crippen MR) is 73.4 cm³/mol. The maximum atomic E-state index is 12.4. The first-order valence-electron chi connectivity index (χ1n) is 6.56. The van der Waals surface area contributed by atoms with E-state index in [1.807, 2.05) is 0 Å². The van der Waals surface area contributed by atoms with Crippen LogP contribution in [0.4, 0.5) is 0 Å². The Labute approximate surface area is 118 Å². The lowest BCUT2D eigenvalue weighted by molar-refractivity contribution is 0.0596. The fourth-order valence-electron chi connectivity index (χ4n) is 2.28. The Kier molecular flexibility index (Phi) is 4.77. The van der Waals surface area contributed by atoms with Crippen molar-refractivity contribution in [3.63, 3.8) is 0 Å². The van der Waals surface area contributed by atoms with Crippen LogP contribution in [0.3, 0.4) is 0 Å². The van der Waals surface area contributed by atoms with E-state index in [9.17, 15) is 13.2 Å². The van der Waals surface area contributed by atoms with Crippen LogP contribution in [0.15, 0.2) is 29.2 Å². The maximum Gasteiger partial charge on any atom is 0.339 e. The van der Waals surface area contributed by atoms with Crippen LogP contribution in [0, 0.1) is 0 Å². The van der Waals surface area contributed by atoms with Crippen LogP contribution in [-0.4, -0.2) is 40.0 Å². The molecule has 0 bridgehead atoms. The van der Waals surface area contributed by atoms with Gasteiger partial charge in [0.25, 0.3) is 0 Å². The number of hydrogen-bond acceptors (Lipinski definition) is 5. The number of ether oxygens (including phenoxy) is 2. The molecule has 1 aromatic carbocycles. The molecule has 5 nitrogen and oxygen atoms in total. The standard InChI is InChI=1S/C14H18O5S/c1-18-14(15)12-6-2-3-7-13(12)20(16,17)10-8-11-5-4-9-19-11/h2-3,6-7,11H,4-5,8-10H2,1H3. The molecule has 1 aliphatic heterocycles. The second kappa shape index (κ2) is 6.37. The minimum atomic E-state index is -3.51. The van der Waals surface area contributed by atoms with Crippen molar-refractivity contribution in [2.24, 2.45) is 0 Å². The Hall–Kier alpha value is -1.40. The van der Waals surface area contributed by atoms with Crippen LogP contribution in [0.2, 0.25) is 0 Å². The average molecular weight is 298 g/mol. The van der Waals surface area contributed by atoms with E-state index in [1.54, 1.807) is 12.1 Å². The third-order valence-corrected chi connectivity index (χ3v) is 5.16. The zero-order valence-corrected chi connectivity index (χ0v) is 12.2. The second-order valence-corrected chi connectivity index (χ2v) is 6.81. The minimum absolute atomic E-state index is 0.00932. The highest BCUT2D eigenvalue weighted by atomic mass is 32.2. The van der Waals surface area contributed by atoms with Crippen molar-refractivity contribution in [2.45, 2.75) is 30.3 Å². The van der Waals surface area contributed by atoms with Crippen LogP contribution in [-0.2, 0) is 19.3 Å². The molecular formula is C14H18O5S. The number of esters is 1. The molecule has 6 heteroatoms. The molecule has 1 fully saturated rings. The molecule has 1 aliphatic rings. The number of carbonyl (C=O) groups is 1. The Balaban J connectivity index is 2.18. The number of benzene rings is 1. The Bertz CT molecular complexity index is 573. The monoisotopic (exact) mass is 298 g/mol. The fourth-order valence-corrected chi connectivity index (χ4v) is 3.85. The molecule has 0 saturated carbocycles. The molecule has 110 valence electrons. The largest absolute Gasteiger partial charge is 0.465 e. The molecule has 0 spiro atoms. The van der Waals surface area contributed by atoms with E-state index < -0.39 is 15.8 Å². The molecule has 1 aromatic rings. The Morgan fingerprint density at radius 1 is 1.40 bits per heavy atom. The highest BCUT2D eigenvalue weighted by Crippen LogP contribution is 2.22. The summed E-state index contributed by atoms with van der Waals surface area (Å²) in [5, 5.41) is 0. The van der Waals surface area contributed by atoms with Gasteiger partial charge in [-0.1, -0.05) is 12.1 Å². The van der Waals surface area contributed by atoms with Gasteiger partial charge in [0.05, 0.1) is 29.4 Å². The summed E-state index contributed by atoms with van der Waals surface area (Å²) in [6.07, 6.45) is 2.34. The first kappa shape index (κ1) is 15.0. The van der Waals surface area contributed by atoms with Crippen molar-refractivity contribution in [3.8, 4) is 0 Å². The summed E-state index contributed by atoms with van der Waals surface area (Å²) in [5.74, 6) is -0.660. The highest BCUT2D eigenvalue weighted by Gasteiger charge is 2.25. The fraction of sp³-hybridized carbons (Fsp3) is 0.500. The van der Waals surface area contributed by atoms with Crippen LogP contribution in [0.1, 0.15) is 29.6 Å². The summed E-state index contributed by atoms with van der Waals surface area (Å²) in [4.78, 5) is 11.7. The summed E-state index contributed by atoms with van der Waals surface area (Å²) in [5.41, 5.74) is 0.0855. The first-order valence-corrected chi connectivity index (χ1v) is 8.21. The highest BCUT2D eigenvalue weighted by molar-refractivity contribution is 7.91. The SMILES string of the molecule is COC(=O)c1ccccc1S(=O)(=O)CCC1CCCO1. The lowest BCUT2D eigenvalue weighted by Crippen LogP contribution is -2.17. The summed E-state index contributed by atoms with van der Waals surface area (Å²) in [7, 11) is -2.28. The number of rotatable bonds is 5. The average Bonchev–Trinajstić information content (AvgIpc) is 2.98. The van der Waals surface area contributed by atoms with Gasteiger partial charge in [-0.25, -0.2) is 13.2 Å². The van der Waals surface area contributed by atoms with Gasteiger partial charge < -0.3 is 9.47 Å². The van der Waals surface area contributed by atoms with Gasteiger partial charge in [-0.3, -0.25) is 0 Å². The summed E-state index contributed by atoms with van der Waals surface area (Å²) in [6.45, 7) is 0.698. The molecule has 0 amide bonds. The zero-order valence-electron chi connectivity index (χ0n) is 11.4. The molecule has 1 unspecified atom stereocenters. The van der Waals surface area contributed by atoms with E-state index in [4.69, 9.17) is 4.74 Å². The van der Waals surface area contributed by atoms with E-state index in [1.165, 1.54) is 19.2 Å². The summed E-state index contributed by atoms with van der Waals surface area (Å²) in [6, 6.07) is 6.12. The van der Waals surface area contributed by atoms with Gasteiger partial charge >= 0.3 is 5.97 Å². The molecule has 2 rings (SSSR count). The molecule has 0 radical (unpaired) electrons. The van der Waals surface area contributed by atoms with Crippen molar-refractivity contribution in [3.05, 3.63) is 29.8 Å². The summed E-state index contributed by atoms with van der Waals surface area (Å²) < 4.78 is 34.8. The molecule has 1 heterocycles. The molecule has 0 N–H and O–H groups in total. The first-order chi connectivity index (χ1) is 9.54. The van der Waals surface area contributed by atoms with Gasteiger partial charge in [0, 0.05) is 6.61 Å². The maximum absolute atomic E-state index is 12.4. The van der Waals surface area contributed by atoms with Crippen molar-refractivity contribution in [1.29, 1.82) is 0 Å². The van der Waals surface area contributed by atoms with Gasteiger partial charge in [-0.2, -0.15) is 0 Å². The molecular weight excluding hydrogens is 280 g/mol. The topological polar surface area (TPSA) is 69.7 Å². The van der Waals surface area contributed by atoms with E-state index >= 15 is 0 Å². The molecule has 1 saturated heterocycles. The number of methoxy groups -OCH3 is 1. The number of carbonyl (C=O) groups excluding carboxylic acids is 1. The predicted octanol–water partition coefficient (Wildman–Crippen LogP) is 1.82. The van der Waals surface area contributed by atoms with E-state index in [0.29, 0.717) is 13.0 Å². The van der Waals surface area contributed by atoms with E-state index in [2.05, 4.69) is 4.74 Å². The van der Waals surface area contributed by atoms with E-state index in [0.717, 1.165) is 12.8 Å². The molecule has 20 heavy (non-hydrogen) atoms. The number of hydrogen-bond donors (Lipinski definition) is 0. The van der Waals surface area contributed by atoms with Crippen LogP contribution >= 0.6 is 0 Å². The van der Waals surface area contributed by atoms with Gasteiger partial charge in [-0.05, 0) is 31.4 Å². The Morgan fingerprint density at radius 2 is 2.15 bits per heavy atom. The molecule has 0 aromatic heterocycles. The van der Waals surface area contributed by atoms with Crippen molar-refractivity contribution < 1.29 is 22.7 Å². The third-order valence-electron chi connectivity index (χ3n) is 3.36. The lowest BCUT2D eigenvalue weighted by Gasteiger charge is -2.11. The summed E-state index contributed by atoms with van der Waals surface area (Å²) >= 11 is 0. The van der Waals surface area contributed by atoms with Crippen LogP contribution in [0.5, 0.6) is 0 Å². The van der Waals surface area contributed by atoms with Crippen molar-refractivity contribution >= 4 is 15.8 Å². The quantitative estimate of drug-likeness (QED) is 0.775. The van der Waals surface area contributed by atoms with Gasteiger partial charge in [-0.15, -0.1) is 0 Å². The third kappa shape index (κ3) is 3.37. The second-order valence-electron chi connectivity index (χ2n) is 4.73. The lowest BCUT2D eigenvalue weighted by atomic mass is 10.2. The normalized spacial score (nSPS) is 18.9. The molecule has 1 atom stereocenters. The smallest absolute Gasteiger partial charge is 0.339 e. The van der Waals surface area contributed by atoms with Gasteiger partial charge in [0.1, 0.15) is 0 Å².